The largest absolute Gasteiger partial charge is 0.465 e. The van der Waals surface area contributed by atoms with E-state index in [2.05, 4.69) is 15.0 Å². The van der Waals surface area contributed by atoms with Gasteiger partial charge in [0.1, 0.15) is 11.2 Å². The molecule has 1 aromatic rings. The minimum atomic E-state index is -3.73. The van der Waals surface area contributed by atoms with Crippen LogP contribution in [0.1, 0.15) is 0 Å². The number of nitrogens with one attached hydrogen (secondary N) is 2. The van der Waals surface area contributed by atoms with Crippen LogP contribution in [0.3, 0.4) is 0 Å². The van der Waals surface area contributed by atoms with Crippen LogP contribution in [0.2, 0.25) is 0 Å². The first-order valence-electron chi connectivity index (χ1n) is 4.18. The molecule has 0 radical (unpaired) electrons. The van der Waals surface area contributed by atoms with Gasteiger partial charge in [-0.3, -0.25) is 5.32 Å². The lowest BCUT2D eigenvalue weighted by Crippen LogP contribution is -2.13. The molecule has 3 N–H and O–H groups in total. The van der Waals surface area contributed by atoms with Gasteiger partial charge in [0.15, 0.2) is 0 Å². The second kappa shape index (κ2) is 3.49. The van der Waals surface area contributed by atoms with E-state index in [0.717, 1.165) is 6.34 Å². The van der Waals surface area contributed by atoms with Crippen LogP contribution in [0.5, 0.6) is 0 Å². The molecule has 0 bridgehead atoms. The minimum absolute atomic E-state index is 0.0544. The van der Waals surface area contributed by atoms with Gasteiger partial charge in [-0.25, -0.2) is 4.79 Å². The molecule has 0 saturated carbocycles. The summed E-state index contributed by atoms with van der Waals surface area (Å²) in [5.41, 5.74) is 0.541. The maximum absolute atomic E-state index is 11.5. The predicted molar refractivity (Wildman–Crippen MR) is 57.4 cm³/mol. The van der Waals surface area contributed by atoms with E-state index in [1.165, 1.54) is 18.2 Å². The van der Waals surface area contributed by atoms with Crippen molar-refractivity contribution in [1.29, 1.82) is 0 Å². The van der Waals surface area contributed by atoms with Crippen LogP contribution in [0.15, 0.2) is 27.5 Å². The van der Waals surface area contributed by atoms with E-state index in [4.69, 9.17) is 5.11 Å². The molecule has 0 fully saturated rings. The van der Waals surface area contributed by atoms with Crippen LogP contribution < -0.4 is 10.6 Å². The van der Waals surface area contributed by atoms with Gasteiger partial charge in [-0.2, -0.15) is 8.42 Å². The highest BCUT2D eigenvalue weighted by Gasteiger charge is 2.21. The van der Waals surface area contributed by atoms with Crippen molar-refractivity contribution in [1.82, 2.24) is 0 Å². The maximum atomic E-state index is 11.5. The molecular formula is C8H7N3O4S. The smallest absolute Gasteiger partial charge is 0.409 e. The Kier molecular flexibility index (Phi) is 2.27. The van der Waals surface area contributed by atoms with E-state index in [9.17, 15) is 13.2 Å². The summed E-state index contributed by atoms with van der Waals surface area (Å²) in [5, 5.41) is 13.2. The Labute approximate surface area is 90.9 Å². The van der Waals surface area contributed by atoms with Crippen molar-refractivity contribution in [2.45, 2.75) is 4.90 Å². The highest BCUT2D eigenvalue weighted by atomic mass is 32.2. The summed E-state index contributed by atoms with van der Waals surface area (Å²) in [7, 11) is -3.73. The Hall–Kier alpha value is -2.09. The second-order valence-corrected chi connectivity index (χ2v) is 4.60. The summed E-state index contributed by atoms with van der Waals surface area (Å²) in [6.07, 6.45) is -0.188. The summed E-state index contributed by atoms with van der Waals surface area (Å²) in [4.78, 5) is 10.3. The predicted octanol–water partition coefficient (Wildman–Crippen LogP) is 0.919. The lowest BCUT2D eigenvalue weighted by atomic mass is 10.3. The third kappa shape index (κ3) is 1.82. The summed E-state index contributed by atoms with van der Waals surface area (Å²) in [6, 6.07) is 4.13. The number of amides is 1. The van der Waals surface area contributed by atoms with E-state index >= 15 is 0 Å². The number of anilines is 2. The van der Waals surface area contributed by atoms with Gasteiger partial charge in [0.05, 0.1) is 5.69 Å². The van der Waals surface area contributed by atoms with Gasteiger partial charge in [0, 0.05) is 5.69 Å². The Balaban J connectivity index is 2.50. The molecule has 8 heteroatoms. The molecule has 7 nitrogen and oxygen atoms in total. The van der Waals surface area contributed by atoms with Crippen LogP contribution in [-0.4, -0.2) is 26.0 Å². The highest BCUT2D eigenvalue weighted by molar-refractivity contribution is 7.90. The molecule has 1 heterocycles. The number of fused-ring (bicyclic) bond motifs is 1. The Morgan fingerprint density at radius 3 is 2.88 bits per heavy atom. The molecule has 0 unspecified atom stereocenters. The standard InChI is InChI=1S/C8H7N3O4S/c12-8(13)11-5-1-2-6-7(3-5)16(14,15)10-4-9-6/h1-4,11H,(H,9,10)(H,12,13). The fourth-order valence-electron chi connectivity index (χ4n) is 1.28. The number of rotatable bonds is 1. The molecule has 84 valence electrons. The molecule has 0 aliphatic carbocycles. The number of hydrogen-bond acceptors (Lipinski definition) is 4. The molecule has 0 spiro atoms. The van der Waals surface area contributed by atoms with Crippen LogP contribution in [0, 0.1) is 0 Å². The molecule has 0 aromatic heterocycles. The van der Waals surface area contributed by atoms with Gasteiger partial charge in [-0.1, -0.05) is 0 Å². The Morgan fingerprint density at radius 1 is 1.44 bits per heavy atom. The second-order valence-electron chi connectivity index (χ2n) is 3.00. The van der Waals surface area contributed by atoms with Crippen molar-refractivity contribution in [3.8, 4) is 0 Å². The lowest BCUT2D eigenvalue weighted by Gasteiger charge is -2.13. The molecule has 2 rings (SSSR count). The quantitative estimate of drug-likeness (QED) is 0.677. The van der Waals surface area contributed by atoms with Crippen molar-refractivity contribution < 1.29 is 18.3 Å². The number of sulfonamides is 1. The van der Waals surface area contributed by atoms with Crippen LogP contribution in [0.25, 0.3) is 0 Å². The number of carboxylic acid groups (broad SMARTS) is 1. The fourth-order valence-corrected chi connectivity index (χ4v) is 2.26. The first-order chi connectivity index (χ1) is 7.49. The average Bonchev–Trinajstić information content (AvgIpc) is 2.18. The third-order valence-electron chi connectivity index (χ3n) is 1.92. The summed E-state index contributed by atoms with van der Waals surface area (Å²) in [5.74, 6) is 0. The third-order valence-corrected chi connectivity index (χ3v) is 3.20. The first-order valence-corrected chi connectivity index (χ1v) is 5.62. The van der Waals surface area contributed by atoms with Crippen molar-refractivity contribution in [3.63, 3.8) is 0 Å². The zero-order valence-electron chi connectivity index (χ0n) is 7.84. The van der Waals surface area contributed by atoms with Gasteiger partial charge in [-0.05, 0) is 18.2 Å². The Morgan fingerprint density at radius 2 is 2.19 bits per heavy atom. The van der Waals surface area contributed by atoms with Crippen molar-refractivity contribution >= 4 is 33.8 Å². The van der Waals surface area contributed by atoms with E-state index < -0.39 is 16.1 Å². The van der Waals surface area contributed by atoms with E-state index in [-0.39, 0.29) is 10.6 Å². The van der Waals surface area contributed by atoms with Crippen LogP contribution >= 0.6 is 0 Å². The number of nitrogens with zero attached hydrogens (tertiary/aromatic N) is 1. The lowest BCUT2D eigenvalue weighted by molar-refractivity contribution is 0.209. The molecule has 16 heavy (non-hydrogen) atoms. The minimum Gasteiger partial charge on any atom is -0.465 e. The van der Waals surface area contributed by atoms with Gasteiger partial charge >= 0.3 is 6.09 Å². The maximum Gasteiger partial charge on any atom is 0.409 e. The molecule has 1 aromatic carbocycles. The number of hydrogen-bond donors (Lipinski definition) is 3. The Bertz CT molecular complexity index is 579. The average molecular weight is 241 g/mol. The first kappa shape index (κ1) is 10.4. The molecule has 0 atom stereocenters. The van der Waals surface area contributed by atoms with Gasteiger partial charge in [0.2, 0.25) is 0 Å². The van der Waals surface area contributed by atoms with E-state index in [1.54, 1.807) is 0 Å². The van der Waals surface area contributed by atoms with Crippen molar-refractivity contribution in [3.05, 3.63) is 18.2 Å². The highest BCUT2D eigenvalue weighted by Crippen LogP contribution is 2.28. The summed E-state index contributed by atoms with van der Waals surface area (Å²) < 4.78 is 26.3. The summed E-state index contributed by atoms with van der Waals surface area (Å²) >= 11 is 0. The fraction of sp³-hybridized carbons (Fsp3) is 0. The zero-order chi connectivity index (χ0) is 11.8. The van der Waals surface area contributed by atoms with Gasteiger partial charge < -0.3 is 10.4 Å². The molecule has 0 saturated heterocycles. The van der Waals surface area contributed by atoms with Gasteiger partial charge in [0.25, 0.3) is 10.0 Å². The van der Waals surface area contributed by atoms with Crippen LogP contribution in [-0.2, 0) is 10.0 Å². The molecule has 1 aliphatic rings. The molecule has 1 amide bonds. The molecule has 1 aliphatic heterocycles. The zero-order valence-corrected chi connectivity index (χ0v) is 8.65. The van der Waals surface area contributed by atoms with Crippen molar-refractivity contribution in [2.24, 2.45) is 4.40 Å². The van der Waals surface area contributed by atoms with Crippen molar-refractivity contribution in [2.75, 3.05) is 10.6 Å². The SMILES string of the molecule is O=C(O)Nc1ccc2c(c1)S(=O)(=O)N=CN2. The van der Waals surface area contributed by atoms with E-state index in [0.29, 0.717) is 5.69 Å². The number of benzene rings is 1. The monoisotopic (exact) mass is 241 g/mol. The molecular weight excluding hydrogens is 234 g/mol. The summed E-state index contributed by atoms with van der Waals surface area (Å²) in [6.45, 7) is 0. The number of carbonyl (C=O) groups is 1. The normalized spacial score (nSPS) is 16.0. The van der Waals surface area contributed by atoms with Crippen LogP contribution in [0.4, 0.5) is 16.2 Å². The topological polar surface area (TPSA) is 108 Å². The van der Waals surface area contributed by atoms with E-state index in [1.807, 2.05) is 0 Å². The van der Waals surface area contributed by atoms with Gasteiger partial charge in [-0.15, -0.1) is 4.40 Å².